The fourth-order valence-electron chi connectivity index (χ4n) is 6.44. The number of nitrogens with zero attached hydrogens (tertiary/aromatic N) is 5. The van der Waals surface area contributed by atoms with Gasteiger partial charge in [-0.1, -0.05) is 43.7 Å². The molecule has 4 aliphatic rings. The predicted molar refractivity (Wildman–Crippen MR) is 158 cm³/mol. The summed E-state index contributed by atoms with van der Waals surface area (Å²) in [4.78, 5) is 39.9. The summed E-state index contributed by atoms with van der Waals surface area (Å²) >= 11 is 0. The van der Waals surface area contributed by atoms with E-state index in [1.807, 2.05) is 25.8 Å². The van der Waals surface area contributed by atoms with Crippen LogP contribution in [0.1, 0.15) is 81.5 Å². The van der Waals surface area contributed by atoms with Gasteiger partial charge in [-0.15, -0.1) is 0 Å². The minimum Gasteiger partial charge on any atom is -0.444 e. The lowest BCUT2D eigenvalue weighted by molar-refractivity contribution is -0.127. The van der Waals surface area contributed by atoms with Crippen LogP contribution in [0.3, 0.4) is 0 Å². The van der Waals surface area contributed by atoms with Gasteiger partial charge in [-0.3, -0.25) is 14.6 Å². The van der Waals surface area contributed by atoms with Gasteiger partial charge in [0.1, 0.15) is 12.4 Å². The van der Waals surface area contributed by atoms with E-state index in [1.54, 1.807) is 11.1 Å². The molecule has 1 unspecified atom stereocenters. The molecule has 3 fully saturated rings. The number of likely N-dealkylation sites (tertiary alicyclic amines) is 1. The highest BCUT2D eigenvalue weighted by atomic mass is 16.6. The molecule has 2 aliphatic carbocycles. The molecule has 1 atom stereocenters. The van der Waals surface area contributed by atoms with Crippen LogP contribution in [-0.4, -0.2) is 64.0 Å². The van der Waals surface area contributed by atoms with Crippen molar-refractivity contribution < 1.29 is 14.3 Å². The van der Waals surface area contributed by atoms with E-state index >= 15 is 0 Å². The highest BCUT2D eigenvalue weighted by Gasteiger charge is 2.45. The summed E-state index contributed by atoms with van der Waals surface area (Å²) in [6.45, 7) is 9.76. The number of amides is 2. The summed E-state index contributed by atoms with van der Waals surface area (Å²) in [6, 6.07) is 9.80. The fourth-order valence-corrected chi connectivity index (χ4v) is 6.44. The number of carbonyl (C=O) groups excluding carboxylic acids is 2. The molecule has 1 N–H and O–H groups in total. The number of cyclic esters (lactones) is 1. The van der Waals surface area contributed by atoms with Gasteiger partial charge in [0.05, 0.1) is 11.1 Å². The van der Waals surface area contributed by atoms with Gasteiger partial charge < -0.3 is 15.0 Å². The topological polar surface area (TPSA) is 90.9 Å². The number of fused-ring (bicyclic) bond motifs is 1. The summed E-state index contributed by atoms with van der Waals surface area (Å²) in [5.41, 5.74) is 3.26. The van der Waals surface area contributed by atoms with Gasteiger partial charge in [0.2, 0.25) is 11.9 Å². The van der Waals surface area contributed by atoms with Crippen molar-refractivity contribution in [1.82, 2.24) is 19.8 Å². The SMILES string of the molecule is C=CC(=O)N(C)C1CCN(C(CC2CC2)c2ccc(C3(Nc4ncc5c(n4)N(C(C)C)C(=O)OC5)CC3)cc2)CC1. The Kier molecular flexibility index (Phi) is 7.49. The molecule has 6 rings (SSSR count). The maximum Gasteiger partial charge on any atom is 0.416 e. The van der Waals surface area contributed by atoms with E-state index in [0.717, 1.165) is 50.3 Å². The number of aromatic nitrogens is 2. The molecule has 0 bridgehead atoms. The van der Waals surface area contributed by atoms with E-state index < -0.39 is 0 Å². The molecular formula is C32H42N6O3. The Morgan fingerprint density at radius 1 is 1.20 bits per heavy atom. The van der Waals surface area contributed by atoms with Crippen LogP contribution in [0.2, 0.25) is 0 Å². The first kappa shape index (κ1) is 27.7. The molecule has 2 aliphatic heterocycles. The Morgan fingerprint density at radius 2 is 1.90 bits per heavy atom. The summed E-state index contributed by atoms with van der Waals surface area (Å²) in [5.74, 6) is 2.01. The van der Waals surface area contributed by atoms with E-state index in [0.29, 0.717) is 17.8 Å². The number of rotatable bonds is 10. The number of piperidine rings is 1. The predicted octanol–water partition coefficient (Wildman–Crippen LogP) is 5.39. The zero-order chi connectivity index (χ0) is 28.7. The lowest BCUT2D eigenvalue weighted by Crippen LogP contribution is -2.46. The zero-order valence-electron chi connectivity index (χ0n) is 24.5. The van der Waals surface area contributed by atoms with E-state index in [2.05, 4.69) is 46.0 Å². The highest BCUT2D eigenvalue weighted by molar-refractivity contribution is 5.89. The second kappa shape index (κ2) is 11.1. The molecule has 2 aromatic rings. The Morgan fingerprint density at radius 3 is 2.51 bits per heavy atom. The van der Waals surface area contributed by atoms with Crippen molar-refractivity contribution in [3.8, 4) is 0 Å². The summed E-state index contributed by atoms with van der Waals surface area (Å²) < 4.78 is 5.30. The van der Waals surface area contributed by atoms with Crippen molar-refractivity contribution in [2.45, 2.75) is 89.1 Å². The number of hydrogen-bond acceptors (Lipinski definition) is 7. The Labute approximate surface area is 243 Å². The third-order valence-corrected chi connectivity index (χ3v) is 9.35. The third-order valence-electron chi connectivity index (χ3n) is 9.35. The number of benzene rings is 1. The van der Waals surface area contributed by atoms with E-state index in [1.165, 1.54) is 36.5 Å². The normalized spacial score (nSPS) is 21.2. The Bertz CT molecular complexity index is 1300. The monoisotopic (exact) mass is 558 g/mol. The molecule has 41 heavy (non-hydrogen) atoms. The van der Waals surface area contributed by atoms with Gasteiger partial charge in [0.15, 0.2) is 0 Å². The quantitative estimate of drug-likeness (QED) is 0.391. The van der Waals surface area contributed by atoms with E-state index in [-0.39, 0.29) is 36.2 Å². The molecule has 0 radical (unpaired) electrons. The fraction of sp³-hybridized carbons (Fsp3) is 0.562. The van der Waals surface area contributed by atoms with Crippen molar-refractivity contribution in [3.63, 3.8) is 0 Å². The second-order valence-electron chi connectivity index (χ2n) is 12.5. The summed E-state index contributed by atoms with van der Waals surface area (Å²) in [7, 11) is 1.90. The molecule has 218 valence electrons. The average molecular weight is 559 g/mol. The van der Waals surface area contributed by atoms with Crippen LogP contribution in [0, 0.1) is 5.92 Å². The first-order valence-corrected chi connectivity index (χ1v) is 15.1. The average Bonchev–Trinajstić information content (AvgIpc) is 3.92. The molecule has 2 saturated carbocycles. The van der Waals surface area contributed by atoms with Crippen molar-refractivity contribution in [2.75, 3.05) is 30.4 Å². The molecule has 2 amide bonds. The number of anilines is 2. The smallest absolute Gasteiger partial charge is 0.416 e. The van der Waals surface area contributed by atoms with Crippen molar-refractivity contribution in [3.05, 3.63) is 59.8 Å². The summed E-state index contributed by atoms with van der Waals surface area (Å²) in [6.07, 6.45) is 10.7. The van der Waals surface area contributed by atoms with Crippen molar-refractivity contribution in [2.24, 2.45) is 5.92 Å². The van der Waals surface area contributed by atoms with E-state index in [9.17, 15) is 9.59 Å². The number of hydrogen-bond donors (Lipinski definition) is 1. The molecule has 9 heteroatoms. The standard InChI is InChI=1S/C32H42N6O3/c1-5-28(39)36(4)26-12-16-37(17-13-26)27(18-22-6-7-22)23-8-10-25(11-9-23)32(14-15-32)35-30-33-19-24-20-41-31(40)38(21(2)3)29(24)34-30/h5,8-11,19,21-22,26-27H,1,6-7,12-18,20H2,2-4H3,(H,33,34,35). The number of ether oxygens (including phenoxy) is 1. The van der Waals surface area contributed by atoms with Crippen LogP contribution in [0.25, 0.3) is 0 Å². The number of nitrogens with one attached hydrogen (secondary N) is 1. The molecule has 1 aromatic carbocycles. The molecule has 0 spiro atoms. The number of carbonyl (C=O) groups is 2. The zero-order valence-corrected chi connectivity index (χ0v) is 24.5. The largest absolute Gasteiger partial charge is 0.444 e. The second-order valence-corrected chi connectivity index (χ2v) is 12.5. The molecule has 1 aromatic heterocycles. The summed E-state index contributed by atoms with van der Waals surface area (Å²) in [5, 5.41) is 3.60. The molecule has 1 saturated heterocycles. The minimum absolute atomic E-state index is 0.0109. The lowest BCUT2D eigenvalue weighted by Gasteiger charge is -2.40. The van der Waals surface area contributed by atoms with Crippen LogP contribution in [0.5, 0.6) is 0 Å². The minimum atomic E-state index is -0.365. The van der Waals surface area contributed by atoms with Crippen LogP contribution >= 0.6 is 0 Å². The first-order valence-electron chi connectivity index (χ1n) is 15.1. The Balaban J connectivity index is 1.16. The lowest BCUT2D eigenvalue weighted by atomic mass is 9.93. The number of likely N-dealkylation sites (N-methyl/N-ethyl adjacent to an activating group) is 1. The first-order chi connectivity index (χ1) is 19.8. The van der Waals surface area contributed by atoms with Crippen LogP contribution in [0.4, 0.5) is 16.6 Å². The third kappa shape index (κ3) is 5.69. The van der Waals surface area contributed by atoms with Gasteiger partial charge in [0, 0.05) is 44.5 Å². The van der Waals surface area contributed by atoms with Crippen molar-refractivity contribution in [1.29, 1.82) is 0 Å². The maximum absolute atomic E-state index is 12.4. The molecule has 9 nitrogen and oxygen atoms in total. The van der Waals surface area contributed by atoms with Gasteiger partial charge in [-0.2, -0.15) is 4.98 Å². The maximum atomic E-state index is 12.4. The highest BCUT2D eigenvalue weighted by Crippen LogP contribution is 2.49. The van der Waals surface area contributed by atoms with Gasteiger partial charge in [0.25, 0.3) is 0 Å². The van der Waals surface area contributed by atoms with Gasteiger partial charge in [-0.25, -0.2) is 9.78 Å². The van der Waals surface area contributed by atoms with Crippen LogP contribution in [0.15, 0.2) is 43.1 Å². The van der Waals surface area contributed by atoms with Gasteiger partial charge >= 0.3 is 6.09 Å². The Hall–Kier alpha value is -3.46. The van der Waals surface area contributed by atoms with Crippen molar-refractivity contribution >= 4 is 23.8 Å². The molecular weight excluding hydrogens is 516 g/mol. The van der Waals surface area contributed by atoms with Crippen LogP contribution < -0.4 is 10.2 Å². The van der Waals surface area contributed by atoms with Crippen LogP contribution in [-0.2, 0) is 21.7 Å². The van der Waals surface area contributed by atoms with E-state index in [4.69, 9.17) is 9.72 Å². The molecule has 3 heterocycles. The van der Waals surface area contributed by atoms with Gasteiger partial charge in [-0.05, 0) is 69.1 Å².